The largest absolute Gasteiger partial charge is 0.366 e. The molecule has 24 heavy (non-hydrogen) atoms. The maximum Gasteiger partial charge on any atom is 0.248 e. The molecule has 0 atom stereocenters. The molecule has 0 saturated heterocycles. The van der Waals surface area contributed by atoms with E-state index in [4.69, 9.17) is 5.73 Å². The molecule has 1 aromatic heterocycles. The highest BCUT2D eigenvalue weighted by Gasteiger charge is 2.08. The van der Waals surface area contributed by atoms with Crippen molar-refractivity contribution in [1.29, 1.82) is 5.26 Å². The summed E-state index contributed by atoms with van der Waals surface area (Å²) in [5.74, 6) is -0.0198. The Balaban J connectivity index is 1.89. The fourth-order valence-electron chi connectivity index (χ4n) is 2.29. The van der Waals surface area contributed by atoms with Gasteiger partial charge in [0.2, 0.25) is 5.91 Å². The molecule has 0 unspecified atom stereocenters. The highest BCUT2D eigenvalue weighted by molar-refractivity contribution is 5.93. The molecule has 5 heteroatoms. The fourth-order valence-corrected chi connectivity index (χ4v) is 2.29. The van der Waals surface area contributed by atoms with Gasteiger partial charge in [-0.05, 0) is 35.9 Å². The first-order valence-corrected chi connectivity index (χ1v) is 7.30. The molecule has 2 aromatic carbocycles. The van der Waals surface area contributed by atoms with Gasteiger partial charge in [-0.25, -0.2) is 4.98 Å². The molecule has 3 aromatic rings. The summed E-state index contributed by atoms with van der Waals surface area (Å²) in [4.78, 5) is 15.4. The molecule has 116 valence electrons. The Labute approximate surface area is 139 Å². The van der Waals surface area contributed by atoms with Crippen molar-refractivity contribution >= 4 is 17.4 Å². The van der Waals surface area contributed by atoms with Crippen LogP contribution in [-0.2, 0) is 0 Å². The van der Waals surface area contributed by atoms with Crippen molar-refractivity contribution in [2.45, 2.75) is 0 Å². The third-order valence-electron chi connectivity index (χ3n) is 3.55. The van der Waals surface area contributed by atoms with Crippen LogP contribution in [0.2, 0.25) is 0 Å². The summed E-state index contributed by atoms with van der Waals surface area (Å²) in [7, 11) is 0. The highest BCUT2D eigenvalue weighted by Crippen LogP contribution is 2.24. The summed E-state index contributed by atoms with van der Waals surface area (Å²) in [5.41, 5.74) is 8.68. The molecule has 0 aliphatic rings. The highest BCUT2D eigenvalue weighted by atomic mass is 16.1. The average molecular weight is 314 g/mol. The van der Waals surface area contributed by atoms with Gasteiger partial charge in [-0.3, -0.25) is 4.79 Å². The van der Waals surface area contributed by atoms with E-state index < -0.39 is 5.91 Å². The summed E-state index contributed by atoms with van der Waals surface area (Å²) >= 11 is 0. The van der Waals surface area contributed by atoms with Crippen LogP contribution in [0.15, 0.2) is 66.9 Å². The number of aromatic nitrogens is 1. The zero-order valence-corrected chi connectivity index (χ0v) is 12.7. The zero-order valence-electron chi connectivity index (χ0n) is 12.7. The van der Waals surface area contributed by atoms with Crippen LogP contribution in [0.1, 0.15) is 15.9 Å². The lowest BCUT2D eigenvalue weighted by Crippen LogP contribution is -2.10. The van der Waals surface area contributed by atoms with Gasteiger partial charge in [0.05, 0.1) is 5.56 Å². The number of carbonyl (C=O) groups excluding carboxylic acids is 1. The first-order chi connectivity index (χ1) is 11.7. The molecule has 0 spiro atoms. The Bertz CT molecular complexity index is 912. The van der Waals surface area contributed by atoms with Crippen molar-refractivity contribution in [3.05, 3.63) is 78.0 Å². The smallest absolute Gasteiger partial charge is 0.248 e. The normalized spacial score (nSPS) is 9.96. The van der Waals surface area contributed by atoms with Crippen molar-refractivity contribution in [2.75, 3.05) is 5.32 Å². The molecule has 0 bridgehead atoms. The number of carbonyl (C=O) groups is 1. The van der Waals surface area contributed by atoms with E-state index in [0.29, 0.717) is 16.9 Å². The Morgan fingerprint density at radius 3 is 2.38 bits per heavy atom. The third kappa shape index (κ3) is 3.23. The maximum absolute atomic E-state index is 11.1. The number of rotatable bonds is 4. The van der Waals surface area contributed by atoms with E-state index in [0.717, 1.165) is 16.8 Å². The number of nitrogens with one attached hydrogen (secondary N) is 1. The molecule has 5 nitrogen and oxygen atoms in total. The molecule has 0 aliphatic carbocycles. The summed E-state index contributed by atoms with van der Waals surface area (Å²) in [5, 5.41) is 12.5. The van der Waals surface area contributed by atoms with Crippen LogP contribution in [0.25, 0.3) is 11.1 Å². The Hall–Kier alpha value is -3.65. The van der Waals surface area contributed by atoms with Crippen molar-refractivity contribution in [3.8, 4) is 17.2 Å². The number of hydrogen-bond donors (Lipinski definition) is 2. The molecule has 3 rings (SSSR count). The van der Waals surface area contributed by atoms with E-state index in [1.165, 1.54) is 0 Å². The molecular weight excluding hydrogens is 300 g/mol. The number of nitrogens with zero attached hydrogens (tertiary/aromatic N) is 2. The monoisotopic (exact) mass is 314 g/mol. The molecule has 0 fully saturated rings. The van der Waals surface area contributed by atoms with E-state index in [2.05, 4.69) is 16.4 Å². The molecule has 0 saturated carbocycles. The zero-order chi connectivity index (χ0) is 16.9. The predicted octanol–water partition coefficient (Wildman–Crippen LogP) is 3.46. The molecule has 1 heterocycles. The summed E-state index contributed by atoms with van der Waals surface area (Å²) in [6.07, 6.45) is 1.72. The lowest BCUT2D eigenvalue weighted by Gasteiger charge is -2.09. The summed E-state index contributed by atoms with van der Waals surface area (Å²) in [6, 6.07) is 20.4. The van der Waals surface area contributed by atoms with Crippen LogP contribution >= 0.6 is 0 Å². The number of hydrogen-bond acceptors (Lipinski definition) is 4. The van der Waals surface area contributed by atoms with Crippen LogP contribution in [0.3, 0.4) is 0 Å². The first-order valence-electron chi connectivity index (χ1n) is 7.30. The van der Waals surface area contributed by atoms with E-state index in [1.54, 1.807) is 36.5 Å². The number of amides is 1. The number of nitriles is 1. The average Bonchev–Trinajstić information content (AvgIpc) is 2.63. The van der Waals surface area contributed by atoms with E-state index in [-0.39, 0.29) is 0 Å². The van der Waals surface area contributed by atoms with Crippen LogP contribution < -0.4 is 11.1 Å². The second-order valence-electron chi connectivity index (χ2n) is 5.16. The number of nitrogens with two attached hydrogens (primary N) is 1. The summed E-state index contributed by atoms with van der Waals surface area (Å²) < 4.78 is 0. The van der Waals surface area contributed by atoms with Gasteiger partial charge in [0, 0.05) is 23.0 Å². The Morgan fingerprint density at radius 1 is 1.04 bits per heavy atom. The van der Waals surface area contributed by atoms with Crippen molar-refractivity contribution in [3.63, 3.8) is 0 Å². The second-order valence-corrected chi connectivity index (χ2v) is 5.16. The standard InChI is InChI=1S/C19H14N4O/c20-11-15-10-16(13-4-2-1-3-5-13)12-22-19(15)23-17-8-6-14(7-9-17)18(21)24/h1-10,12H,(H2,21,24)(H,22,23). The first kappa shape index (κ1) is 15.3. The minimum absolute atomic E-state index is 0.424. The molecule has 0 aliphatic heterocycles. The van der Waals surface area contributed by atoms with Gasteiger partial charge in [0.25, 0.3) is 0 Å². The van der Waals surface area contributed by atoms with Gasteiger partial charge in [-0.15, -0.1) is 0 Å². The maximum atomic E-state index is 11.1. The lowest BCUT2D eigenvalue weighted by molar-refractivity contribution is 0.100. The topological polar surface area (TPSA) is 91.8 Å². The lowest BCUT2D eigenvalue weighted by atomic mass is 10.1. The quantitative estimate of drug-likeness (QED) is 0.771. The van der Waals surface area contributed by atoms with Gasteiger partial charge in [0.15, 0.2) is 0 Å². The van der Waals surface area contributed by atoms with Gasteiger partial charge in [0.1, 0.15) is 11.9 Å². The number of primary amides is 1. The Morgan fingerprint density at radius 2 is 1.75 bits per heavy atom. The van der Waals surface area contributed by atoms with Crippen molar-refractivity contribution in [2.24, 2.45) is 5.73 Å². The van der Waals surface area contributed by atoms with Crippen molar-refractivity contribution in [1.82, 2.24) is 4.98 Å². The molecule has 1 amide bonds. The van der Waals surface area contributed by atoms with Crippen LogP contribution in [0.5, 0.6) is 0 Å². The number of pyridine rings is 1. The molecule has 0 radical (unpaired) electrons. The second kappa shape index (κ2) is 6.63. The van der Waals surface area contributed by atoms with Gasteiger partial charge >= 0.3 is 0 Å². The minimum atomic E-state index is -0.482. The van der Waals surface area contributed by atoms with E-state index in [1.807, 2.05) is 30.3 Å². The fraction of sp³-hybridized carbons (Fsp3) is 0. The summed E-state index contributed by atoms with van der Waals surface area (Å²) in [6.45, 7) is 0. The SMILES string of the molecule is N#Cc1cc(-c2ccccc2)cnc1Nc1ccc(C(N)=O)cc1. The van der Waals surface area contributed by atoms with Gasteiger partial charge in [-0.2, -0.15) is 5.26 Å². The van der Waals surface area contributed by atoms with Crippen molar-refractivity contribution < 1.29 is 4.79 Å². The minimum Gasteiger partial charge on any atom is -0.366 e. The van der Waals surface area contributed by atoms with E-state index in [9.17, 15) is 10.1 Å². The van der Waals surface area contributed by atoms with Gasteiger partial charge < -0.3 is 11.1 Å². The third-order valence-corrected chi connectivity index (χ3v) is 3.55. The van der Waals surface area contributed by atoms with Crippen LogP contribution in [0.4, 0.5) is 11.5 Å². The molecular formula is C19H14N4O. The van der Waals surface area contributed by atoms with Crippen LogP contribution in [0, 0.1) is 11.3 Å². The van der Waals surface area contributed by atoms with E-state index >= 15 is 0 Å². The Kier molecular flexibility index (Phi) is 4.21. The van der Waals surface area contributed by atoms with Gasteiger partial charge in [-0.1, -0.05) is 30.3 Å². The molecule has 3 N–H and O–H groups in total. The number of benzene rings is 2. The predicted molar refractivity (Wildman–Crippen MR) is 92.6 cm³/mol. The van der Waals surface area contributed by atoms with Crippen LogP contribution in [-0.4, -0.2) is 10.9 Å². The number of anilines is 2.